The van der Waals surface area contributed by atoms with E-state index in [1.165, 1.54) is 0 Å². The van der Waals surface area contributed by atoms with Gasteiger partial charge in [-0.1, -0.05) is 0 Å². The Morgan fingerprint density at radius 2 is 2.08 bits per heavy atom. The lowest BCUT2D eigenvalue weighted by molar-refractivity contribution is 0.112. The largest absolute Gasteiger partial charge is 0.392 e. The Balaban J connectivity index is 3.14. The van der Waals surface area contributed by atoms with Gasteiger partial charge >= 0.3 is 0 Å². The van der Waals surface area contributed by atoms with Crippen LogP contribution in [0.1, 0.15) is 15.9 Å². The summed E-state index contributed by atoms with van der Waals surface area (Å²) in [5.41, 5.74) is 2.28. The van der Waals surface area contributed by atoms with Gasteiger partial charge in [0.1, 0.15) is 6.29 Å². The average molecular weight is 179 g/mol. The standard InChI is InChI=1S/C10H13NO2/c1-11(2)10-4-8(6-12)3-9(5-10)7-13/h3-6,13H,7H2,1-2H3. The van der Waals surface area contributed by atoms with E-state index in [0.717, 1.165) is 17.5 Å². The molecule has 1 aromatic rings. The van der Waals surface area contributed by atoms with Crippen molar-refractivity contribution >= 4 is 12.0 Å². The molecule has 0 bridgehead atoms. The van der Waals surface area contributed by atoms with Crippen molar-refractivity contribution in [2.24, 2.45) is 0 Å². The molecule has 70 valence electrons. The van der Waals surface area contributed by atoms with Crippen molar-refractivity contribution in [3.05, 3.63) is 29.3 Å². The Morgan fingerprint density at radius 1 is 1.38 bits per heavy atom. The molecule has 3 nitrogen and oxygen atoms in total. The van der Waals surface area contributed by atoms with Crippen molar-refractivity contribution in [1.82, 2.24) is 0 Å². The van der Waals surface area contributed by atoms with Gasteiger partial charge in [-0.3, -0.25) is 4.79 Å². The second kappa shape index (κ2) is 4.05. The van der Waals surface area contributed by atoms with Crippen LogP contribution in [0.5, 0.6) is 0 Å². The van der Waals surface area contributed by atoms with E-state index in [4.69, 9.17) is 5.11 Å². The van der Waals surface area contributed by atoms with E-state index < -0.39 is 0 Å². The number of anilines is 1. The quantitative estimate of drug-likeness (QED) is 0.705. The second-order valence-electron chi connectivity index (χ2n) is 3.10. The Hall–Kier alpha value is -1.35. The van der Waals surface area contributed by atoms with Gasteiger partial charge in [0.25, 0.3) is 0 Å². The summed E-state index contributed by atoms with van der Waals surface area (Å²) in [5, 5.41) is 8.93. The van der Waals surface area contributed by atoms with Gasteiger partial charge in [-0.2, -0.15) is 0 Å². The third-order valence-electron chi connectivity index (χ3n) is 1.83. The first-order valence-corrected chi connectivity index (χ1v) is 4.04. The van der Waals surface area contributed by atoms with Crippen molar-refractivity contribution in [2.45, 2.75) is 6.61 Å². The van der Waals surface area contributed by atoms with Gasteiger partial charge in [-0.25, -0.2) is 0 Å². The van der Waals surface area contributed by atoms with Crippen LogP contribution in [0.4, 0.5) is 5.69 Å². The molecule has 1 aromatic carbocycles. The summed E-state index contributed by atoms with van der Waals surface area (Å²) >= 11 is 0. The Morgan fingerprint density at radius 3 is 2.54 bits per heavy atom. The molecule has 3 heteroatoms. The molecule has 0 amide bonds. The van der Waals surface area contributed by atoms with Crippen LogP contribution in [-0.2, 0) is 6.61 Å². The number of aldehydes is 1. The lowest BCUT2D eigenvalue weighted by Gasteiger charge is -2.13. The van der Waals surface area contributed by atoms with E-state index >= 15 is 0 Å². The number of hydrogen-bond donors (Lipinski definition) is 1. The molecule has 0 aliphatic heterocycles. The van der Waals surface area contributed by atoms with Gasteiger partial charge in [0.15, 0.2) is 0 Å². The zero-order valence-electron chi connectivity index (χ0n) is 7.82. The van der Waals surface area contributed by atoms with Crippen LogP contribution in [0.3, 0.4) is 0 Å². The van der Waals surface area contributed by atoms with Crippen molar-refractivity contribution < 1.29 is 9.90 Å². The molecule has 13 heavy (non-hydrogen) atoms. The maximum Gasteiger partial charge on any atom is 0.150 e. The molecule has 0 atom stereocenters. The topological polar surface area (TPSA) is 40.5 Å². The highest BCUT2D eigenvalue weighted by molar-refractivity contribution is 5.77. The number of aliphatic hydroxyl groups is 1. The van der Waals surface area contributed by atoms with E-state index in [2.05, 4.69) is 0 Å². The predicted molar refractivity (Wildman–Crippen MR) is 52.1 cm³/mol. The molecule has 0 unspecified atom stereocenters. The smallest absolute Gasteiger partial charge is 0.150 e. The van der Waals surface area contributed by atoms with E-state index in [1.54, 1.807) is 12.1 Å². The third-order valence-corrected chi connectivity index (χ3v) is 1.83. The van der Waals surface area contributed by atoms with Crippen LogP contribution in [0, 0.1) is 0 Å². The maximum absolute atomic E-state index is 10.5. The minimum atomic E-state index is -0.0392. The fraction of sp³-hybridized carbons (Fsp3) is 0.300. The molecule has 1 N–H and O–H groups in total. The molecule has 0 saturated heterocycles. The third kappa shape index (κ3) is 2.29. The normalized spacial score (nSPS) is 9.77. The first kappa shape index (κ1) is 9.74. The van der Waals surface area contributed by atoms with Crippen molar-refractivity contribution in [1.29, 1.82) is 0 Å². The van der Waals surface area contributed by atoms with Gasteiger partial charge in [-0.05, 0) is 23.8 Å². The molecular weight excluding hydrogens is 166 g/mol. The molecule has 0 fully saturated rings. The molecule has 1 rings (SSSR count). The van der Waals surface area contributed by atoms with Crippen LogP contribution in [0.25, 0.3) is 0 Å². The summed E-state index contributed by atoms with van der Waals surface area (Å²) < 4.78 is 0. The zero-order chi connectivity index (χ0) is 9.84. The van der Waals surface area contributed by atoms with Crippen LogP contribution < -0.4 is 4.90 Å². The Labute approximate surface area is 77.6 Å². The van der Waals surface area contributed by atoms with E-state index in [9.17, 15) is 4.79 Å². The maximum atomic E-state index is 10.5. The highest BCUT2D eigenvalue weighted by Gasteiger charge is 2.00. The number of carbonyl (C=O) groups excluding carboxylic acids is 1. The van der Waals surface area contributed by atoms with E-state index in [0.29, 0.717) is 5.56 Å². The molecule has 0 heterocycles. The van der Waals surface area contributed by atoms with Crippen LogP contribution in [0.2, 0.25) is 0 Å². The fourth-order valence-electron chi connectivity index (χ4n) is 1.12. The number of aliphatic hydroxyl groups excluding tert-OH is 1. The van der Waals surface area contributed by atoms with Crippen LogP contribution >= 0.6 is 0 Å². The summed E-state index contributed by atoms with van der Waals surface area (Å²) in [6, 6.07) is 5.32. The van der Waals surface area contributed by atoms with E-state index in [-0.39, 0.29) is 6.61 Å². The summed E-state index contributed by atoms with van der Waals surface area (Å²) in [5.74, 6) is 0. The van der Waals surface area contributed by atoms with Gasteiger partial charge in [0.05, 0.1) is 6.61 Å². The number of carbonyl (C=O) groups is 1. The number of nitrogens with zero attached hydrogens (tertiary/aromatic N) is 1. The van der Waals surface area contributed by atoms with Crippen LogP contribution in [-0.4, -0.2) is 25.5 Å². The summed E-state index contributed by atoms with van der Waals surface area (Å²) in [4.78, 5) is 12.4. The van der Waals surface area contributed by atoms with Gasteiger partial charge in [0, 0.05) is 25.3 Å². The Bertz CT molecular complexity index is 308. The SMILES string of the molecule is CN(C)c1cc(C=O)cc(CO)c1. The Kier molecular flexibility index (Phi) is 3.03. The van der Waals surface area contributed by atoms with Gasteiger partial charge in [0.2, 0.25) is 0 Å². The summed E-state index contributed by atoms with van der Waals surface area (Å²) in [6.07, 6.45) is 0.784. The molecule has 0 spiro atoms. The molecule has 0 radical (unpaired) electrons. The lowest BCUT2D eigenvalue weighted by Crippen LogP contribution is -2.09. The monoisotopic (exact) mass is 179 g/mol. The average Bonchev–Trinajstić information content (AvgIpc) is 2.16. The minimum Gasteiger partial charge on any atom is -0.392 e. The van der Waals surface area contributed by atoms with Crippen LogP contribution in [0.15, 0.2) is 18.2 Å². The van der Waals surface area contributed by atoms with Gasteiger partial charge in [-0.15, -0.1) is 0 Å². The van der Waals surface area contributed by atoms with Crippen molar-refractivity contribution in [2.75, 3.05) is 19.0 Å². The minimum absolute atomic E-state index is 0.0392. The molecular formula is C10H13NO2. The first-order valence-electron chi connectivity index (χ1n) is 4.04. The van der Waals surface area contributed by atoms with Crippen molar-refractivity contribution in [3.63, 3.8) is 0 Å². The number of hydrogen-bond acceptors (Lipinski definition) is 3. The second-order valence-corrected chi connectivity index (χ2v) is 3.10. The number of rotatable bonds is 3. The number of benzene rings is 1. The lowest BCUT2D eigenvalue weighted by atomic mass is 10.1. The highest BCUT2D eigenvalue weighted by atomic mass is 16.3. The fourth-order valence-corrected chi connectivity index (χ4v) is 1.12. The molecule has 0 aliphatic rings. The summed E-state index contributed by atoms with van der Waals surface area (Å²) in [6.45, 7) is -0.0392. The first-order chi connectivity index (χ1) is 6.17. The zero-order valence-corrected chi connectivity index (χ0v) is 7.82. The van der Waals surface area contributed by atoms with E-state index in [1.807, 2.05) is 25.1 Å². The van der Waals surface area contributed by atoms with Crippen molar-refractivity contribution in [3.8, 4) is 0 Å². The highest BCUT2D eigenvalue weighted by Crippen LogP contribution is 2.16. The molecule has 0 aromatic heterocycles. The van der Waals surface area contributed by atoms with Gasteiger partial charge < -0.3 is 10.0 Å². The summed E-state index contributed by atoms with van der Waals surface area (Å²) in [7, 11) is 3.79. The molecule has 0 saturated carbocycles. The molecule has 0 aliphatic carbocycles. The predicted octanol–water partition coefficient (Wildman–Crippen LogP) is 1.06.